The van der Waals surface area contributed by atoms with Crippen LogP contribution in [0.15, 0.2) is 24.3 Å². The first kappa shape index (κ1) is 13.1. The van der Waals surface area contributed by atoms with Gasteiger partial charge in [-0.1, -0.05) is 30.7 Å². The molecule has 4 nitrogen and oxygen atoms in total. The lowest BCUT2D eigenvalue weighted by molar-refractivity contribution is 0.266. The summed E-state index contributed by atoms with van der Waals surface area (Å²) in [6.07, 6.45) is 0. The van der Waals surface area contributed by atoms with Gasteiger partial charge in [-0.05, 0) is 24.6 Å². The van der Waals surface area contributed by atoms with Crippen molar-refractivity contribution in [1.82, 2.24) is 14.8 Å². The van der Waals surface area contributed by atoms with Crippen molar-refractivity contribution in [2.24, 2.45) is 0 Å². The highest BCUT2D eigenvalue weighted by Gasteiger charge is 2.16. The normalized spacial score (nSPS) is 12.7. The van der Waals surface area contributed by atoms with E-state index in [1.54, 1.807) is 4.68 Å². The second-order valence-electron chi connectivity index (χ2n) is 4.24. The number of rotatable bonds is 4. The minimum Gasteiger partial charge on any atom is -0.394 e. The fourth-order valence-electron chi connectivity index (χ4n) is 1.95. The Morgan fingerprint density at radius 2 is 2.00 bits per heavy atom. The summed E-state index contributed by atoms with van der Waals surface area (Å²) in [4.78, 5) is 4.44. The molecule has 0 amide bonds. The van der Waals surface area contributed by atoms with Crippen molar-refractivity contribution in [3.63, 3.8) is 0 Å². The molecular weight excluding hydrogens is 250 g/mol. The van der Waals surface area contributed by atoms with Gasteiger partial charge in [-0.15, -0.1) is 0 Å². The van der Waals surface area contributed by atoms with Gasteiger partial charge >= 0.3 is 0 Å². The van der Waals surface area contributed by atoms with E-state index in [9.17, 15) is 0 Å². The van der Waals surface area contributed by atoms with E-state index in [1.165, 1.54) is 0 Å². The second kappa shape index (κ2) is 5.50. The number of aromatic nitrogens is 3. The van der Waals surface area contributed by atoms with Gasteiger partial charge < -0.3 is 5.11 Å². The fraction of sp³-hybridized carbons (Fsp3) is 0.385. The second-order valence-corrected chi connectivity index (χ2v) is 4.67. The number of hydrogen-bond donors (Lipinski definition) is 1. The molecule has 0 fully saturated rings. The summed E-state index contributed by atoms with van der Waals surface area (Å²) in [6.45, 7) is 4.45. The topological polar surface area (TPSA) is 50.9 Å². The minimum absolute atomic E-state index is 0.0587. The standard InChI is InChI=1S/C13H16ClN3O/c1-9(11-3-5-12(14)6-4-11)13-15-10(2)16-17(13)7-8-18/h3-6,9,18H,7-8H2,1-2H3. The summed E-state index contributed by atoms with van der Waals surface area (Å²) < 4.78 is 1.76. The average Bonchev–Trinajstić information content (AvgIpc) is 2.71. The summed E-state index contributed by atoms with van der Waals surface area (Å²) in [7, 11) is 0. The monoisotopic (exact) mass is 265 g/mol. The van der Waals surface area contributed by atoms with E-state index in [-0.39, 0.29) is 12.5 Å². The lowest BCUT2D eigenvalue weighted by Gasteiger charge is -2.12. The number of aliphatic hydroxyl groups excluding tert-OH is 1. The number of benzene rings is 1. The molecule has 5 heteroatoms. The first-order chi connectivity index (χ1) is 8.61. The van der Waals surface area contributed by atoms with E-state index in [2.05, 4.69) is 17.0 Å². The average molecular weight is 266 g/mol. The molecule has 1 heterocycles. The number of hydrogen-bond acceptors (Lipinski definition) is 3. The third-order valence-electron chi connectivity index (χ3n) is 2.88. The molecule has 0 spiro atoms. The molecule has 2 rings (SSSR count). The van der Waals surface area contributed by atoms with Gasteiger partial charge in [-0.2, -0.15) is 5.10 Å². The van der Waals surface area contributed by atoms with Gasteiger partial charge in [0.05, 0.1) is 13.2 Å². The summed E-state index contributed by atoms with van der Waals surface area (Å²) >= 11 is 5.88. The highest BCUT2D eigenvalue weighted by Crippen LogP contribution is 2.24. The van der Waals surface area contributed by atoms with Gasteiger partial charge in [0, 0.05) is 10.9 Å². The SMILES string of the molecule is Cc1nc(C(C)c2ccc(Cl)cc2)n(CCO)n1. The maximum absolute atomic E-state index is 9.04. The van der Waals surface area contributed by atoms with Crippen LogP contribution in [0.1, 0.15) is 30.1 Å². The minimum atomic E-state index is 0.0587. The molecule has 0 radical (unpaired) electrons. The molecule has 1 atom stereocenters. The highest BCUT2D eigenvalue weighted by molar-refractivity contribution is 6.30. The van der Waals surface area contributed by atoms with E-state index in [4.69, 9.17) is 16.7 Å². The van der Waals surface area contributed by atoms with Crippen LogP contribution in [0.2, 0.25) is 5.02 Å². The zero-order chi connectivity index (χ0) is 13.1. The predicted octanol–water partition coefficient (Wildman–Crippen LogP) is 2.38. The smallest absolute Gasteiger partial charge is 0.147 e. The van der Waals surface area contributed by atoms with Gasteiger partial charge in [-0.25, -0.2) is 9.67 Å². The van der Waals surface area contributed by atoms with Gasteiger partial charge in [0.1, 0.15) is 11.6 Å². The van der Waals surface area contributed by atoms with Crippen molar-refractivity contribution in [1.29, 1.82) is 0 Å². The molecule has 1 unspecified atom stereocenters. The summed E-state index contributed by atoms with van der Waals surface area (Å²) in [6, 6.07) is 7.71. The molecular formula is C13H16ClN3O. The first-order valence-electron chi connectivity index (χ1n) is 5.89. The zero-order valence-electron chi connectivity index (χ0n) is 10.5. The number of nitrogens with zero attached hydrogens (tertiary/aromatic N) is 3. The van der Waals surface area contributed by atoms with Crippen molar-refractivity contribution in [3.8, 4) is 0 Å². The largest absolute Gasteiger partial charge is 0.394 e. The number of halogens is 1. The maximum Gasteiger partial charge on any atom is 0.147 e. The predicted molar refractivity (Wildman–Crippen MR) is 70.8 cm³/mol. The summed E-state index contributed by atoms with van der Waals surface area (Å²) in [5.41, 5.74) is 1.13. The van der Waals surface area contributed by atoms with E-state index in [0.29, 0.717) is 6.54 Å². The van der Waals surface area contributed by atoms with Gasteiger partial charge in [-0.3, -0.25) is 0 Å². The molecule has 0 aliphatic heterocycles. The Bertz CT molecular complexity index is 522. The van der Waals surface area contributed by atoms with Crippen molar-refractivity contribution in [3.05, 3.63) is 46.5 Å². The third-order valence-corrected chi connectivity index (χ3v) is 3.13. The summed E-state index contributed by atoms with van der Waals surface area (Å²) in [5.74, 6) is 1.71. The Kier molecular flexibility index (Phi) is 3.99. The van der Waals surface area contributed by atoms with Crippen molar-refractivity contribution in [2.45, 2.75) is 26.3 Å². The Morgan fingerprint density at radius 1 is 1.33 bits per heavy atom. The van der Waals surface area contributed by atoms with Crippen LogP contribution in [0.25, 0.3) is 0 Å². The van der Waals surface area contributed by atoms with Crippen molar-refractivity contribution in [2.75, 3.05) is 6.61 Å². The Labute approximate surface area is 111 Å². The van der Waals surface area contributed by atoms with Crippen LogP contribution >= 0.6 is 11.6 Å². The summed E-state index contributed by atoms with van der Waals surface area (Å²) in [5, 5.41) is 14.0. The Balaban J connectivity index is 2.32. The molecule has 1 N–H and O–H groups in total. The molecule has 96 valence electrons. The van der Waals surface area contributed by atoms with Crippen LogP contribution in [-0.4, -0.2) is 26.5 Å². The van der Waals surface area contributed by atoms with E-state index >= 15 is 0 Å². The molecule has 18 heavy (non-hydrogen) atoms. The van der Waals surface area contributed by atoms with Crippen LogP contribution in [0.4, 0.5) is 0 Å². The van der Waals surface area contributed by atoms with Crippen LogP contribution in [0.5, 0.6) is 0 Å². The lowest BCUT2D eigenvalue weighted by atomic mass is 10.0. The maximum atomic E-state index is 9.04. The molecule has 0 aliphatic rings. The molecule has 1 aromatic carbocycles. The molecule has 0 saturated heterocycles. The highest BCUT2D eigenvalue weighted by atomic mass is 35.5. The van der Waals surface area contributed by atoms with Crippen LogP contribution in [-0.2, 0) is 6.54 Å². The van der Waals surface area contributed by atoms with Gasteiger partial charge in [0.2, 0.25) is 0 Å². The number of aliphatic hydroxyl groups is 1. The van der Waals surface area contributed by atoms with Crippen LogP contribution < -0.4 is 0 Å². The fourth-order valence-corrected chi connectivity index (χ4v) is 2.08. The van der Waals surface area contributed by atoms with Gasteiger partial charge in [0.25, 0.3) is 0 Å². The van der Waals surface area contributed by atoms with Gasteiger partial charge in [0.15, 0.2) is 0 Å². The van der Waals surface area contributed by atoms with E-state index < -0.39 is 0 Å². The number of aryl methyl sites for hydroxylation is 1. The Morgan fingerprint density at radius 3 is 2.61 bits per heavy atom. The quantitative estimate of drug-likeness (QED) is 0.923. The molecule has 0 saturated carbocycles. The zero-order valence-corrected chi connectivity index (χ0v) is 11.2. The van der Waals surface area contributed by atoms with Crippen LogP contribution in [0.3, 0.4) is 0 Å². The molecule has 2 aromatic rings. The van der Waals surface area contributed by atoms with E-state index in [1.807, 2.05) is 31.2 Å². The van der Waals surface area contributed by atoms with E-state index in [0.717, 1.165) is 22.2 Å². The van der Waals surface area contributed by atoms with Crippen molar-refractivity contribution >= 4 is 11.6 Å². The third kappa shape index (κ3) is 2.71. The van der Waals surface area contributed by atoms with Crippen LogP contribution in [0, 0.1) is 6.92 Å². The van der Waals surface area contributed by atoms with Crippen molar-refractivity contribution < 1.29 is 5.11 Å². The molecule has 1 aromatic heterocycles. The Hall–Kier alpha value is -1.39. The molecule has 0 aliphatic carbocycles. The lowest BCUT2D eigenvalue weighted by Crippen LogP contribution is -2.11. The first-order valence-corrected chi connectivity index (χ1v) is 6.27. The molecule has 0 bridgehead atoms.